The Morgan fingerprint density at radius 3 is 1.90 bits per heavy atom. The summed E-state index contributed by atoms with van der Waals surface area (Å²) in [5.41, 5.74) is 0.979. The van der Waals surface area contributed by atoms with Gasteiger partial charge in [0.1, 0.15) is 0 Å². The van der Waals surface area contributed by atoms with Crippen LogP contribution in [0.5, 0.6) is 0 Å². The molecular formula is C17H14NOPS. The summed E-state index contributed by atoms with van der Waals surface area (Å²) in [4.78, 5) is 0. The second-order valence-electron chi connectivity index (χ2n) is 4.55. The zero-order valence-electron chi connectivity index (χ0n) is 11.3. The molecule has 1 heterocycles. The Hall–Kier alpha value is -1.96. The molecule has 3 rings (SSSR count). The quantitative estimate of drug-likeness (QED) is 0.527. The molecule has 0 radical (unpaired) electrons. The Morgan fingerprint density at radius 2 is 1.43 bits per heavy atom. The first-order valence-corrected chi connectivity index (χ1v) is 9.18. The molecular weight excluding hydrogens is 297 g/mol. The van der Waals surface area contributed by atoms with Crippen molar-refractivity contribution in [3.63, 3.8) is 0 Å². The Kier molecular flexibility index (Phi) is 4.14. The van der Waals surface area contributed by atoms with Gasteiger partial charge in [-0.3, -0.25) is 4.57 Å². The zero-order chi connectivity index (χ0) is 14.5. The molecule has 2 aromatic carbocycles. The van der Waals surface area contributed by atoms with Crippen molar-refractivity contribution >= 4 is 35.5 Å². The number of benzene rings is 2. The van der Waals surface area contributed by atoms with Crippen molar-refractivity contribution in [3.8, 4) is 0 Å². The van der Waals surface area contributed by atoms with Gasteiger partial charge in [-0.2, -0.15) is 11.3 Å². The van der Waals surface area contributed by atoms with E-state index in [0.717, 1.165) is 16.2 Å². The lowest BCUT2D eigenvalue weighted by molar-refractivity contribution is 0.588. The lowest BCUT2D eigenvalue weighted by atomic mass is 10.4. The molecule has 21 heavy (non-hydrogen) atoms. The van der Waals surface area contributed by atoms with Gasteiger partial charge in [-0.1, -0.05) is 36.4 Å². The smallest absolute Gasteiger partial charge is 0.247 e. The van der Waals surface area contributed by atoms with E-state index in [1.165, 1.54) is 0 Å². The molecule has 1 aromatic heterocycles. The summed E-state index contributed by atoms with van der Waals surface area (Å²) < 4.78 is 18.0. The number of nitrogens with zero attached hydrogens (tertiary/aromatic N) is 1. The molecule has 0 unspecified atom stereocenters. The van der Waals surface area contributed by atoms with Crippen molar-refractivity contribution in [1.82, 2.24) is 0 Å². The van der Waals surface area contributed by atoms with Gasteiger partial charge in [0, 0.05) is 22.4 Å². The largest absolute Gasteiger partial charge is 0.288 e. The minimum absolute atomic E-state index is 0.752. The summed E-state index contributed by atoms with van der Waals surface area (Å²) in [6.45, 7) is 0. The summed E-state index contributed by atoms with van der Waals surface area (Å²) in [5, 5.41) is 5.48. The molecule has 0 bridgehead atoms. The van der Waals surface area contributed by atoms with Crippen molar-refractivity contribution in [2.75, 3.05) is 0 Å². The van der Waals surface area contributed by atoms with Crippen molar-refractivity contribution in [3.05, 3.63) is 83.1 Å². The van der Waals surface area contributed by atoms with Crippen LogP contribution >= 0.6 is 18.6 Å². The summed E-state index contributed by atoms with van der Waals surface area (Å²) in [5.74, 6) is 0. The third-order valence-electron chi connectivity index (χ3n) is 3.12. The standard InChI is InChI=1S/C17H14NOPS/c19-20(16-7-3-1-4-8-16,17-9-5-2-6-10-17)18-13-15-11-12-21-14-15/h1-14H/b18-13-. The van der Waals surface area contributed by atoms with Crippen molar-refractivity contribution in [2.45, 2.75) is 0 Å². The van der Waals surface area contributed by atoms with Gasteiger partial charge in [0.2, 0.25) is 7.29 Å². The normalized spacial score (nSPS) is 11.8. The maximum Gasteiger partial charge on any atom is 0.247 e. The highest BCUT2D eigenvalue weighted by Crippen LogP contribution is 2.44. The fraction of sp³-hybridized carbons (Fsp3) is 0. The average Bonchev–Trinajstić information content (AvgIpc) is 3.08. The first-order chi connectivity index (χ1) is 10.3. The molecule has 0 aliphatic carbocycles. The van der Waals surface area contributed by atoms with Crippen LogP contribution in [-0.2, 0) is 4.57 Å². The Bertz CT molecular complexity index is 724. The van der Waals surface area contributed by atoms with E-state index in [0.29, 0.717) is 0 Å². The van der Waals surface area contributed by atoms with Gasteiger partial charge >= 0.3 is 0 Å². The fourth-order valence-electron chi connectivity index (χ4n) is 2.04. The van der Waals surface area contributed by atoms with E-state index < -0.39 is 7.29 Å². The molecule has 0 aliphatic rings. The Balaban J connectivity index is 2.10. The summed E-state index contributed by atoms with van der Waals surface area (Å²) in [6, 6.07) is 20.9. The van der Waals surface area contributed by atoms with Crippen LogP contribution in [0.2, 0.25) is 0 Å². The predicted molar refractivity (Wildman–Crippen MR) is 91.7 cm³/mol. The van der Waals surface area contributed by atoms with E-state index in [9.17, 15) is 4.57 Å². The van der Waals surface area contributed by atoms with Crippen LogP contribution in [0.4, 0.5) is 0 Å². The average molecular weight is 311 g/mol. The molecule has 0 amide bonds. The van der Waals surface area contributed by atoms with E-state index in [4.69, 9.17) is 0 Å². The lowest BCUT2D eigenvalue weighted by Crippen LogP contribution is -2.14. The lowest BCUT2D eigenvalue weighted by Gasteiger charge is -2.14. The fourth-order valence-corrected chi connectivity index (χ4v) is 4.66. The maximum absolute atomic E-state index is 13.5. The summed E-state index contributed by atoms with van der Waals surface area (Å²) in [6.07, 6.45) is 1.71. The Labute approximate surface area is 128 Å². The molecule has 0 fully saturated rings. The van der Waals surface area contributed by atoms with Crippen LogP contribution in [0.3, 0.4) is 0 Å². The minimum Gasteiger partial charge on any atom is -0.288 e. The van der Waals surface area contributed by atoms with Gasteiger partial charge in [0.25, 0.3) is 0 Å². The highest BCUT2D eigenvalue weighted by Gasteiger charge is 2.25. The molecule has 4 heteroatoms. The van der Waals surface area contributed by atoms with E-state index >= 15 is 0 Å². The minimum atomic E-state index is -2.99. The molecule has 3 aromatic rings. The van der Waals surface area contributed by atoms with Gasteiger partial charge in [-0.15, -0.1) is 0 Å². The number of rotatable bonds is 4. The topological polar surface area (TPSA) is 29.4 Å². The number of hydrogen-bond acceptors (Lipinski definition) is 2. The van der Waals surface area contributed by atoms with E-state index in [1.807, 2.05) is 77.5 Å². The van der Waals surface area contributed by atoms with Crippen molar-refractivity contribution < 1.29 is 4.57 Å². The third kappa shape index (κ3) is 3.05. The van der Waals surface area contributed by atoms with Crippen LogP contribution in [-0.4, -0.2) is 6.21 Å². The van der Waals surface area contributed by atoms with Crippen LogP contribution < -0.4 is 10.6 Å². The van der Waals surface area contributed by atoms with Crippen LogP contribution in [0.1, 0.15) is 5.56 Å². The number of thiophene rings is 1. The van der Waals surface area contributed by atoms with Gasteiger partial charge in [0.15, 0.2) is 0 Å². The van der Waals surface area contributed by atoms with Gasteiger partial charge in [-0.25, -0.2) is 4.76 Å². The predicted octanol–water partition coefficient (Wildman–Crippen LogP) is 4.10. The SMILES string of the molecule is O=P(/N=C\c1ccsc1)(c1ccccc1)c1ccccc1. The van der Waals surface area contributed by atoms with Gasteiger partial charge < -0.3 is 0 Å². The van der Waals surface area contributed by atoms with Crippen molar-refractivity contribution in [1.29, 1.82) is 0 Å². The van der Waals surface area contributed by atoms with Crippen LogP contribution in [0, 0.1) is 0 Å². The molecule has 104 valence electrons. The molecule has 0 saturated heterocycles. The first-order valence-electron chi connectivity index (χ1n) is 6.58. The highest BCUT2D eigenvalue weighted by atomic mass is 32.1. The van der Waals surface area contributed by atoms with Crippen LogP contribution in [0.25, 0.3) is 0 Å². The second-order valence-corrected chi connectivity index (χ2v) is 7.74. The molecule has 0 N–H and O–H groups in total. The van der Waals surface area contributed by atoms with E-state index in [2.05, 4.69) is 4.76 Å². The summed E-state index contributed by atoms with van der Waals surface area (Å²) >= 11 is 1.60. The Morgan fingerprint density at radius 1 is 0.857 bits per heavy atom. The third-order valence-corrected chi connectivity index (χ3v) is 6.26. The first kappa shape index (κ1) is 14.0. The molecule has 0 aliphatic heterocycles. The molecule has 0 atom stereocenters. The maximum atomic E-state index is 13.5. The molecule has 0 saturated carbocycles. The molecule has 2 nitrogen and oxygen atoms in total. The highest BCUT2D eigenvalue weighted by molar-refractivity contribution is 7.77. The van der Waals surface area contributed by atoms with Crippen molar-refractivity contribution in [2.24, 2.45) is 4.76 Å². The van der Waals surface area contributed by atoms with Gasteiger partial charge in [-0.05, 0) is 41.1 Å². The van der Waals surface area contributed by atoms with Crippen LogP contribution in [0.15, 0.2) is 82.3 Å². The second kappa shape index (κ2) is 6.21. The monoisotopic (exact) mass is 311 g/mol. The molecule has 0 spiro atoms. The summed E-state index contributed by atoms with van der Waals surface area (Å²) in [7, 11) is -2.99. The van der Waals surface area contributed by atoms with Gasteiger partial charge in [0.05, 0.1) is 0 Å². The zero-order valence-corrected chi connectivity index (χ0v) is 13.0. The van der Waals surface area contributed by atoms with E-state index in [-0.39, 0.29) is 0 Å². The van der Waals surface area contributed by atoms with E-state index in [1.54, 1.807) is 17.6 Å². The number of hydrogen-bond donors (Lipinski definition) is 0.